The number of aromatic nitrogens is 2. The van der Waals surface area contributed by atoms with E-state index in [2.05, 4.69) is 20.5 Å². The number of fused-ring (bicyclic) bond motifs is 1. The van der Waals surface area contributed by atoms with Crippen molar-refractivity contribution in [2.24, 2.45) is 5.10 Å². The van der Waals surface area contributed by atoms with Gasteiger partial charge in [-0.1, -0.05) is 18.2 Å². The van der Waals surface area contributed by atoms with Crippen LogP contribution in [0.2, 0.25) is 0 Å². The summed E-state index contributed by atoms with van der Waals surface area (Å²) in [7, 11) is 0. The number of ether oxygens (including phenoxy) is 1. The maximum Gasteiger partial charge on any atom is 0.315 e. The first-order chi connectivity index (χ1) is 12.7. The standard InChI is InChI=1S/C18H18N4O3S/c1-2-25-15-9-5-6-12(17(15)24)10-19-22-16(23)11-26-18-20-13-7-3-4-8-14(13)21-18/h3-10,24H,2,11H2,1H3,(H,20,21)(H,22,23)/p+1/b19-10+. The molecule has 1 amide bonds. The number of para-hydroxylation sites is 3. The Morgan fingerprint density at radius 3 is 3.00 bits per heavy atom. The third kappa shape index (κ3) is 4.34. The predicted molar refractivity (Wildman–Crippen MR) is 101 cm³/mol. The fourth-order valence-electron chi connectivity index (χ4n) is 2.31. The van der Waals surface area contributed by atoms with Gasteiger partial charge in [-0.25, -0.2) is 15.4 Å². The summed E-state index contributed by atoms with van der Waals surface area (Å²) in [5.41, 5.74) is 4.88. The van der Waals surface area contributed by atoms with E-state index in [0.717, 1.165) is 16.2 Å². The van der Waals surface area contributed by atoms with Crippen LogP contribution in [0.1, 0.15) is 12.5 Å². The lowest BCUT2D eigenvalue weighted by atomic mass is 10.2. The lowest BCUT2D eigenvalue weighted by molar-refractivity contribution is -0.396. The van der Waals surface area contributed by atoms with Crippen LogP contribution in [0.15, 0.2) is 52.7 Å². The van der Waals surface area contributed by atoms with E-state index in [9.17, 15) is 9.90 Å². The van der Waals surface area contributed by atoms with E-state index in [1.165, 1.54) is 18.0 Å². The van der Waals surface area contributed by atoms with Crippen molar-refractivity contribution >= 4 is 34.9 Å². The van der Waals surface area contributed by atoms with Gasteiger partial charge >= 0.3 is 5.16 Å². The number of aromatic amines is 2. The van der Waals surface area contributed by atoms with Crippen LogP contribution in [0.5, 0.6) is 11.5 Å². The normalized spacial score (nSPS) is 11.1. The Labute approximate surface area is 154 Å². The molecule has 0 aliphatic carbocycles. The first kappa shape index (κ1) is 17.8. The highest BCUT2D eigenvalue weighted by Gasteiger charge is 2.12. The molecule has 0 atom stereocenters. The number of nitrogens with one attached hydrogen (secondary N) is 3. The molecular weight excluding hydrogens is 352 g/mol. The molecule has 0 spiro atoms. The molecule has 0 saturated heterocycles. The van der Waals surface area contributed by atoms with Gasteiger partial charge in [-0.05, 0) is 43.0 Å². The van der Waals surface area contributed by atoms with Crippen LogP contribution in [-0.4, -0.2) is 34.6 Å². The van der Waals surface area contributed by atoms with Crippen molar-refractivity contribution in [3.8, 4) is 11.5 Å². The van der Waals surface area contributed by atoms with Crippen LogP contribution in [0.25, 0.3) is 11.0 Å². The zero-order valence-corrected chi connectivity index (χ0v) is 15.0. The van der Waals surface area contributed by atoms with E-state index < -0.39 is 0 Å². The average molecular weight is 371 g/mol. The van der Waals surface area contributed by atoms with Gasteiger partial charge in [0.05, 0.1) is 18.6 Å². The first-order valence-electron chi connectivity index (χ1n) is 8.07. The second kappa shape index (κ2) is 8.39. The molecule has 3 rings (SSSR count). The number of hydrazone groups is 1. The maximum absolute atomic E-state index is 11.9. The number of benzene rings is 2. The van der Waals surface area contributed by atoms with Crippen LogP contribution in [0.4, 0.5) is 0 Å². The number of carbonyl (C=O) groups is 1. The third-order valence-corrected chi connectivity index (χ3v) is 4.39. The summed E-state index contributed by atoms with van der Waals surface area (Å²) >= 11 is 1.35. The predicted octanol–water partition coefficient (Wildman–Crippen LogP) is 2.33. The van der Waals surface area contributed by atoms with Crippen molar-refractivity contribution in [2.75, 3.05) is 12.4 Å². The minimum Gasteiger partial charge on any atom is -0.504 e. The van der Waals surface area contributed by atoms with E-state index >= 15 is 0 Å². The maximum atomic E-state index is 11.9. The highest BCUT2D eigenvalue weighted by atomic mass is 32.2. The molecule has 7 nitrogen and oxygen atoms in total. The van der Waals surface area contributed by atoms with Crippen molar-refractivity contribution < 1.29 is 19.6 Å². The SMILES string of the molecule is CCOc1cccc(/C=N/NC(=O)CSc2[nH]c3ccccc3[nH+]2)c1O. The Kier molecular flexibility index (Phi) is 5.75. The zero-order valence-electron chi connectivity index (χ0n) is 14.2. The highest BCUT2D eigenvalue weighted by molar-refractivity contribution is 7.99. The van der Waals surface area contributed by atoms with E-state index in [0.29, 0.717) is 17.9 Å². The second-order valence-electron chi connectivity index (χ2n) is 5.33. The summed E-state index contributed by atoms with van der Waals surface area (Å²) in [5.74, 6) is 0.326. The van der Waals surface area contributed by atoms with Gasteiger partial charge in [0.2, 0.25) is 0 Å². The average Bonchev–Trinajstić information content (AvgIpc) is 3.06. The molecule has 8 heteroatoms. The molecule has 0 unspecified atom stereocenters. The molecule has 26 heavy (non-hydrogen) atoms. The summed E-state index contributed by atoms with van der Waals surface area (Å²) in [6.07, 6.45) is 1.38. The zero-order chi connectivity index (χ0) is 18.4. The minimum atomic E-state index is -0.251. The smallest absolute Gasteiger partial charge is 0.315 e. The Balaban J connectivity index is 1.54. The number of H-pyrrole nitrogens is 2. The van der Waals surface area contributed by atoms with Crippen LogP contribution in [0, 0.1) is 0 Å². The number of hydrogen-bond acceptors (Lipinski definition) is 5. The number of carbonyl (C=O) groups excluding carboxylic acids is 1. The van der Waals surface area contributed by atoms with E-state index in [-0.39, 0.29) is 17.4 Å². The third-order valence-electron chi connectivity index (χ3n) is 3.49. The summed E-state index contributed by atoms with van der Waals surface area (Å²) in [6.45, 7) is 2.29. The van der Waals surface area contributed by atoms with Crippen molar-refractivity contribution in [3.63, 3.8) is 0 Å². The number of aromatic hydroxyl groups is 1. The van der Waals surface area contributed by atoms with Crippen LogP contribution >= 0.6 is 11.8 Å². The topological polar surface area (TPSA) is 101 Å². The number of thioether (sulfide) groups is 1. The monoisotopic (exact) mass is 371 g/mol. The second-order valence-corrected chi connectivity index (χ2v) is 6.32. The number of rotatable bonds is 7. The van der Waals surface area contributed by atoms with Crippen molar-refractivity contribution in [1.29, 1.82) is 0 Å². The van der Waals surface area contributed by atoms with Crippen molar-refractivity contribution in [3.05, 3.63) is 48.0 Å². The molecule has 1 aromatic heterocycles. The largest absolute Gasteiger partial charge is 0.504 e. The Morgan fingerprint density at radius 2 is 2.19 bits per heavy atom. The molecule has 0 radical (unpaired) electrons. The molecule has 0 aliphatic heterocycles. The van der Waals surface area contributed by atoms with Crippen molar-refractivity contribution in [2.45, 2.75) is 12.1 Å². The van der Waals surface area contributed by atoms with Gasteiger partial charge in [-0.15, -0.1) is 0 Å². The van der Waals surface area contributed by atoms with Crippen molar-refractivity contribution in [1.82, 2.24) is 10.4 Å². The summed E-state index contributed by atoms with van der Waals surface area (Å²) < 4.78 is 5.31. The number of imidazole rings is 1. The Bertz CT molecular complexity index is 906. The number of hydrogen-bond donors (Lipinski definition) is 3. The molecule has 1 heterocycles. The van der Waals surface area contributed by atoms with Gasteiger partial charge < -0.3 is 9.84 Å². The van der Waals surface area contributed by atoms with E-state index in [4.69, 9.17) is 4.74 Å². The van der Waals surface area contributed by atoms with Gasteiger partial charge in [0.15, 0.2) is 22.5 Å². The molecule has 134 valence electrons. The fraction of sp³-hybridized carbons (Fsp3) is 0.167. The molecular formula is C18H19N4O3S+. The van der Waals surface area contributed by atoms with Gasteiger partial charge in [0.1, 0.15) is 0 Å². The highest BCUT2D eigenvalue weighted by Crippen LogP contribution is 2.28. The summed E-state index contributed by atoms with van der Waals surface area (Å²) in [5, 5.41) is 14.7. The Hall–Kier alpha value is -3.00. The number of phenols is 1. The molecule has 0 aliphatic rings. The Morgan fingerprint density at radius 1 is 1.35 bits per heavy atom. The molecule has 0 fully saturated rings. The summed E-state index contributed by atoms with van der Waals surface area (Å²) in [6, 6.07) is 12.9. The van der Waals surface area contributed by atoms with Gasteiger partial charge in [0.25, 0.3) is 5.91 Å². The van der Waals surface area contributed by atoms with E-state index in [1.54, 1.807) is 18.2 Å². The molecule has 3 aromatic rings. The van der Waals surface area contributed by atoms with Gasteiger partial charge in [0, 0.05) is 5.56 Å². The summed E-state index contributed by atoms with van der Waals surface area (Å²) in [4.78, 5) is 18.3. The quantitative estimate of drug-likeness (QED) is 0.337. The first-order valence-corrected chi connectivity index (χ1v) is 9.05. The number of phenolic OH excluding ortho intramolecular Hbond substituents is 1. The number of nitrogens with zero attached hydrogens (tertiary/aromatic N) is 1. The lowest BCUT2D eigenvalue weighted by Crippen LogP contribution is -2.20. The number of amides is 1. The fourth-order valence-corrected chi connectivity index (χ4v) is 3.01. The van der Waals surface area contributed by atoms with Gasteiger partial charge in [-0.3, -0.25) is 4.79 Å². The van der Waals surface area contributed by atoms with Crippen LogP contribution in [-0.2, 0) is 4.79 Å². The molecule has 0 saturated carbocycles. The lowest BCUT2D eigenvalue weighted by Gasteiger charge is -2.07. The van der Waals surface area contributed by atoms with E-state index in [1.807, 2.05) is 31.2 Å². The molecule has 0 bridgehead atoms. The molecule has 2 aromatic carbocycles. The van der Waals surface area contributed by atoms with Crippen LogP contribution in [0.3, 0.4) is 0 Å². The minimum absolute atomic E-state index is 0.00519. The van der Waals surface area contributed by atoms with Gasteiger partial charge in [-0.2, -0.15) is 5.10 Å². The van der Waals surface area contributed by atoms with Crippen LogP contribution < -0.4 is 15.1 Å². The molecule has 4 N–H and O–H groups in total.